The normalized spacial score (nSPS) is 11.5. The number of hydrazone groups is 1. The van der Waals surface area contributed by atoms with E-state index in [1.165, 1.54) is 5.56 Å². The van der Waals surface area contributed by atoms with Crippen molar-refractivity contribution < 1.29 is 9.53 Å². The first-order chi connectivity index (χ1) is 11.3. The summed E-state index contributed by atoms with van der Waals surface area (Å²) in [7, 11) is 0. The third-order valence-corrected chi connectivity index (χ3v) is 3.57. The van der Waals surface area contributed by atoms with Gasteiger partial charge in [0.2, 0.25) is 0 Å². The van der Waals surface area contributed by atoms with Crippen molar-refractivity contribution >= 4 is 12.1 Å². The molecule has 0 atom stereocenters. The maximum atomic E-state index is 11.7. The first-order valence-corrected chi connectivity index (χ1v) is 7.96. The molecule has 2 aromatic rings. The Balaban J connectivity index is 1.80. The van der Waals surface area contributed by atoms with Crippen molar-refractivity contribution in [3.05, 3.63) is 65.2 Å². The van der Waals surface area contributed by atoms with Crippen LogP contribution in [0.1, 0.15) is 37.5 Å². The number of hydrogen-bond donors (Lipinski definition) is 1. The molecule has 126 valence electrons. The van der Waals surface area contributed by atoms with E-state index in [4.69, 9.17) is 4.74 Å². The van der Waals surface area contributed by atoms with Gasteiger partial charge in [-0.3, -0.25) is 4.79 Å². The topological polar surface area (TPSA) is 50.7 Å². The molecule has 4 nitrogen and oxygen atoms in total. The Kier molecular flexibility index (Phi) is 5.74. The van der Waals surface area contributed by atoms with Crippen LogP contribution in [0.5, 0.6) is 5.75 Å². The molecule has 0 radical (unpaired) electrons. The number of ether oxygens (including phenoxy) is 1. The summed E-state index contributed by atoms with van der Waals surface area (Å²) in [4.78, 5) is 11.7. The van der Waals surface area contributed by atoms with E-state index in [0.717, 1.165) is 11.1 Å². The van der Waals surface area contributed by atoms with Gasteiger partial charge < -0.3 is 4.74 Å². The highest BCUT2D eigenvalue weighted by molar-refractivity contribution is 5.82. The highest BCUT2D eigenvalue weighted by Crippen LogP contribution is 2.21. The summed E-state index contributed by atoms with van der Waals surface area (Å²) in [6, 6.07) is 15.7. The van der Waals surface area contributed by atoms with E-state index >= 15 is 0 Å². The van der Waals surface area contributed by atoms with Gasteiger partial charge in [0.1, 0.15) is 5.75 Å². The summed E-state index contributed by atoms with van der Waals surface area (Å²) < 4.78 is 5.39. The molecule has 2 aromatic carbocycles. The smallest absolute Gasteiger partial charge is 0.277 e. The van der Waals surface area contributed by atoms with Crippen LogP contribution < -0.4 is 10.2 Å². The highest BCUT2D eigenvalue weighted by atomic mass is 16.5. The SMILES string of the molecule is Cc1ccc(OCC(=O)N/N=C\c2ccc(C(C)(C)C)cc2)cc1. The minimum Gasteiger partial charge on any atom is -0.484 e. The summed E-state index contributed by atoms with van der Waals surface area (Å²) in [5.74, 6) is 0.371. The number of nitrogens with one attached hydrogen (secondary N) is 1. The standard InChI is InChI=1S/C20H24N2O2/c1-15-5-11-18(12-6-15)24-14-19(23)22-21-13-16-7-9-17(10-8-16)20(2,3)4/h5-13H,14H2,1-4H3,(H,22,23)/b21-13-. The molecule has 24 heavy (non-hydrogen) atoms. The summed E-state index contributed by atoms with van der Waals surface area (Å²) in [6.45, 7) is 8.45. The van der Waals surface area contributed by atoms with Gasteiger partial charge in [-0.15, -0.1) is 0 Å². The zero-order valence-corrected chi connectivity index (χ0v) is 14.7. The van der Waals surface area contributed by atoms with Crippen LogP contribution in [0.25, 0.3) is 0 Å². The van der Waals surface area contributed by atoms with E-state index in [9.17, 15) is 4.79 Å². The molecule has 0 fully saturated rings. The highest BCUT2D eigenvalue weighted by Gasteiger charge is 2.12. The average Bonchev–Trinajstić information content (AvgIpc) is 2.54. The van der Waals surface area contributed by atoms with Crippen LogP contribution in [0.15, 0.2) is 53.6 Å². The first-order valence-electron chi connectivity index (χ1n) is 7.96. The molecule has 0 aliphatic heterocycles. The van der Waals surface area contributed by atoms with E-state index in [1.807, 2.05) is 43.3 Å². The Morgan fingerprint density at radius 3 is 2.29 bits per heavy atom. The average molecular weight is 324 g/mol. The quantitative estimate of drug-likeness (QED) is 0.671. The molecule has 0 aliphatic rings. The van der Waals surface area contributed by atoms with Crippen LogP contribution in [0.3, 0.4) is 0 Å². The molecule has 0 aliphatic carbocycles. The van der Waals surface area contributed by atoms with Crippen molar-refractivity contribution in [3.8, 4) is 5.75 Å². The number of carbonyl (C=O) groups excluding carboxylic acids is 1. The molecule has 0 bridgehead atoms. The second-order valence-electron chi connectivity index (χ2n) is 6.77. The third kappa shape index (κ3) is 5.54. The summed E-state index contributed by atoms with van der Waals surface area (Å²) in [5.41, 5.74) is 5.93. The van der Waals surface area contributed by atoms with E-state index in [2.05, 4.69) is 43.4 Å². The minimum absolute atomic E-state index is 0.0661. The number of rotatable bonds is 5. The Labute approximate surface area is 143 Å². The second kappa shape index (κ2) is 7.77. The number of benzene rings is 2. The number of nitrogens with zero attached hydrogens (tertiary/aromatic N) is 1. The molecular formula is C20H24N2O2. The Morgan fingerprint density at radius 1 is 1.08 bits per heavy atom. The van der Waals surface area contributed by atoms with Gasteiger partial charge >= 0.3 is 0 Å². The Bertz CT molecular complexity index is 696. The van der Waals surface area contributed by atoms with E-state index in [-0.39, 0.29) is 17.9 Å². The lowest BCUT2D eigenvalue weighted by molar-refractivity contribution is -0.123. The summed E-state index contributed by atoms with van der Waals surface area (Å²) >= 11 is 0. The maximum Gasteiger partial charge on any atom is 0.277 e. The molecule has 4 heteroatoms. The lowest BCUT2D eigenvalue weighted by Crippen LogP contribution is -2.24. The third-order valence-electron chi connectivity index (χ3n) is 3.57. The number of carbonyl (C=O) groups is 1. The molecule has 0 heterocycles. The van der Waals surface area contributed by atoms with Crippen LogP contribution in [-0.2, 0) is 10.2 Å². The van der Waals surface area contributed by atoms with Crippen molar-refractivity contribution in [1.29, 1.82) is 0 Å². The largest absolute Gasteiger partial charge is 0.484 e. The lowest BCUT2D eigenvalue weighted by Gasteiger charge is -2.18. The van der Waals surface area contributed by atoms with Crippen LogP contribution in [-0.4, -0.2) is 18.7 Å². The minimum atomic E-state index is -0.293. The molecule has 0 saturated heterocycles. The van der Waals surface area contributed by atoms with E-state index in [1.54, 1.807) is 6.21 Å². The first kappa shape index (κ1) is 17.7. The Hall–Kier alpha value is -2.62. The van der Waals surface area contributed by atoms with Crippen LogP contribution in [0.2, 0.25) is 0 Å². The van der Waals surface area contributed by atoms with Crippen molar-refractivity contribution in [3.63, 3.8) is 0 Å². The summed E-state index contributed by atoms with van der Waals surface area (Å²) in [6.07, 6.45) is 1.62. The lowest BCUT2D eigenvalue weighted by atomic mass is 9.87. The van der Waals surface area contributed by atoms with E-state index in [0.29, 0.717) is 5.75 Å². The van der Waals surface area contributed by atoms with Gasteiger partial charge in [0.05, 0.1) is 6.21 Å². The molecular weight excluding hydrogens is 300 g/mol. The van der Waals surface area contributed by atoms with E-state index < -0.39 is 0 Å². The van der Waals surface area contributed by atoms with Gasteiger partial charge in [-0.25, -0.2) is 5.43 Å². The fourth-order valence-electron chi connectivity index (χ4n) is 2.06. The monoisotopic (exact) mass is 324 g/mol. The fraction of sp³-hybridized carbons (Fsp3) is 0.300. The molecule has 0 aromatic heterocycles. The molecule has 0 saturated carbocycles. The maximum absolute atomic E-state index is 11.7. The number of hydrogen-bond acceptors (Lipinski definition) is 3. The number of aryl methyl sites for hydroxylation is 1. The van der Waals surface area contributed by atoms with Crippen LogP contribution in [0, 0.1) is 6.92 Å². The van der Waals surface area contributed by atoms with Crippen LogP contribution in [0.4, 0.5) is 0 Å². The van der Waals surface area contributed by atoms with Crippen molar-refractivity contribution in [2.24, 2.45) is 5.10 Å². The van der Waals surface area contributed by atoms with Crippen molar-refractivity contribution in [1.82, 2.24) is 5.43 Å². The predicted octanol–water partition coefficient (Wildman–Crippen LogP) is 3.82. The molecule has 0 spiro atoms. The molecule has 1 amide bonds. The number of amides is 1. The zero-order chi connectivity index (χ0) is 17.6. The van der Waals surface area contributed by atoms with Crippen molar-refractivity contribution in [2.45, 2.75) is 33.1 Å². The van der Waals surface area contributed by atoms with Gasteiger partial charge in [0, 0.05) is 0 Å². The van der Waals surface area contributed by atoms with Gasteiger partial charge in [-0.1, -0.05) is 62.7 Å². The second-order valence-corrected chi connectivity index (χ2v) is 6.77. The summed E-state index contributed by atoms with van der Waals surface area (Å²) in [5, 5.41) is 3.96. The Morgan fingerprint density at radius 2 is 1.71 bits per heavy atom. The molecule has 1 N–H and O–H groups in total. The van der Waals surface area contributed by atoms with Crippen LogP contribution >= 0.6 is 0 Å². The molecule has 2 rings (SSSR count). The van der Waals surface area contributed by atoms with Crippen molar-refractivity contribution in [2.75, 3.05) is 6.61 Å². The van der Waals surface area contributed by atoms with Gasteiger partial charge in [0.15, 0.2) is 6.61 Å². The van der Waals surface area contributed by atoms with Gasteiger partial charge in [-0.2, -0.15) is 5.10 Å². The van der Waals surface area contributed by atoms with Gasteiger partial charge in [0.25, 0.3) is 5.91 Å². The molecule has 0 unspecified atom stereocenters. The predicted molar refractivity (Wildman–Crippen MR) is 97.6 cm³/mol. The van der Waals surface area contributed by atoms with Gasteiger partial charge in [-0.05, 0) is 35.6 Å². The fourth-order valence-corrected chi connectivity index (χ4v) is 2.06. The zero-order valence-electron chi connectivity index (χ0n) is 14.7.